The lowest BCUT2D eigenvalue weighted by Crippen LogP contribution is -2.37. The summed E-state index contributed by atoms with van der Waals surface area (Å²) < 4.78 is 9.56. The SMILES string of the molecule is COC(=O)CCCCNC(=O)CNC(=O)c1cccc(OC)c1. The molecule has 0 bridgehead atoms. The Labute approximate surface area is 135 Å². The number of hydrogen-bond donors (Lipinski definition) is 2. The van der Waals surface area contributed by atoms with E-state index in [1.165, 1.54) is 14.2 Å². The zero-order valence-electron chi connectivity index (χ0n) is 13.4. The quantitative estimate of drug-likeness (QED) is 0.520. The van der Waals surface area contributed by atoms with Crippen molar-refractivity contribution in [3.63, 3.8) is 0 Å². The van der Waals surface area contributed by atoms with Crippen LogP contribution in [0.1, 0.15) is 29.6 Å². The maximum Gasteiger partial charge on any atom is 0.305 e. The molecule has 2 N–H and O–H groups in total. The highest BCUT2D eigenvalue weighted by Crippen LogP contribution is 2.12. The number of nitrogens with one attached hydrogen (secondary N) is 2. The van der Waals surface area contributed by atoms with Crippen LogP contribution < -0.4 is 15.4 Å². The molecule has 1 aromatic carbocycles. The van der Waals surface area contributed by atoms with E-state index in [4.69, 9.17) is 4.74 Å². The minimum Gasteiger partial charge on any atom is -0.497 e. The Balaban J connectivity index is 2.22. The molecule has 7 nitrogen and oxygen atoms in total. The van der Waals surface area contributed by atoms with Gasteiger partial charge in [0.2, 0.25) is 5.91 Å². The second-order valence-electron chi connectivity index (χ2n) is 4.80. The summed E-state index contributed by atoms with van der Waals surface area (Å²) in [6, 6.07) is 6.68. The van der Waals surface area contributed by atoms with Crippen molar-refractivity contribution in [2.24, 2.45) is 0 Å². The minimum atomic E-state index is -0.343. The largest absolute Gasteiger partial charge is 0.497 e. The van der Waals surface area contributed by atoms with E-state index >= 15 is 0 Å². The van der Waals surface area contributed by atoms with Crippen LogP contribution in [0.25, 0.3) is 0 Å². The van der Waals surface area contributed by atoms with Crippen LogP contribution in [0.2, 0.25) is 0 Å². The van der Waals surface area contributed by atoms with E-state index in [0.717, 1.165) is 0 Å². The zero-order chi connectivity index (χ0) is 17.1. The van der Waals surface area contributed by atoms with E-state index < -0.39 is 0 Å². The van der Waals surface area contributed by atoms with Gasteiger partial charge in [-0.15, -0.1) is 0 Å². The minimum absolute atomic E-state index is 0.104. The van der Waals surface area contributed by atoms with Crippen molar-refractivity contribution in [1.29, 1.82) is 0 Å². The summed E-state index contributed by atoms with van der Waals surface area (Å²) in [5.74, 6) is -0.307. The molecule has 1 aromatic rings. The van der Waals surface area contributed by atoms with Crippen molar-refractivity contribution in [1.82, 2.24) is 10.6 Å². The van der Waals surface area contributed by atoms with Gasteiger partial charge in [0.05, 0.1) is 20.8 Å². The Bertz CT molecular complexity index is 545. The summed E-state index contributed by atoms with van der Waals surface area (Å²) in [5, 5.41) is 5.21. The number of carbonyl (C=O) groups is 3. The summed E-state index contributed by atoms with van der Waals surface area (Å²) in [7, 11) is 2.86. The Kier molecular flexibility index (Phi) is 8.20. The number of benzene rings is 1. The van der Waals surface area contributed by atoms with Gasteiger partial charge in [-0.25, -0.2) is 0 Å². The van der Waals surface area contributed by atoms with Crippen molar-refractivity contribution in [2.75, 3.05) is 27.3 Å². The number of hydrogen-bond acceptors (Lipinski definition) is 5. The van der Waals surface area contributed by atoms with Crippen LogP contribution in [0, 0.1) is 0 Å². The Morgan fingerprint density at radius 3 is 2.57 bits per heavy atom. The number of amides is 2. The van der Waals surface area contributed by atoms with Crippen molar-refractivity contribution >= 4 is 17.8 Å². The third-order valence-corrected chi connectivity index (χ3v) is 3.10. The van der Waals surface area contributed by atoms with Crippen LogP contribution in [-0.2, 0) is 14.3 Å². The molecule has 0 atom stereocenters. The van der Waals surface area contributed by atoms with Crippen LogP contribution >= 0.6 is 0 Å². The molecule has 0 aliphatic rings. The monoisotopic (exact) mass is 322 g/mol. The molecule has 0 fully saturated rings. The van der Waals surface area contributed by atoms with Crippen molar-refractivity contribution in [3.05, 3.63) is 29.8 Å². The molecule has 23 heavy (non-hydrogen) atoms. The number of unbranched alkanes of at least 4 members (excludes halogenated alkanes) is 1. The molecule has 0 saturated heterocycles. The van der Waals surface area contributed by atoms with E-state index in [2.05, 4.69) is 15.4 Å². The normalized spacial score (nSPS) is 9.83. The third kappa shape index (κ3) is 7.30. The number of methoxy groups -OCH3 is 2. The predicted octanol–water partition coefficient (Wildman–Crippen LogP) is 0.885. The topological polar surface area (TPSA) is 93.7 Å². The maximum absolute atomic E-state index is 11.9. The van der Waals surface area contributed by atoms with Gasteiger partial charge in [-0.2, -0.15) is 0 Å². The molecule has 7 heteroatoms. The lowest BCUT2D eigenvalue weighted by atomic mass is 10.2. The summed E-state index contributed by atoms with van der Waals surface area (Å²) in [6.07, 6.45) is 1.65. The second-order valence-corrected chi connectivity index (χ2v) is 4.80. The first-order chi connectivity index (χ1) is 11.1. The first-order valence-corrected chi connectivity index (χ1v) is 7.32. The molecule has 1 rings (SSSR count). The van der Waals surface area contributed by atoms with E-state index in [9.17, 15) is 14.4 Å². The third-order valence-electron chi connectivity index (χ3n) is 3.10. The van der Waals surface area contributed by atoms with Crippen molar-refractivity contribution < 1.29 is 23.9 Å². The molecular formula is C16H22N2O5. The first-order valence-electron chi connectivity index (χ1n) is 7.32. The predicted molar refractivity (Wildman–Crippen MR) is 84.2 cm³/mol. The number of carbonyl (C=O) groups excluding carboxylic acids is 3. The first kappa shape index (κ1) is 18.5. The van der Waals surface area contributed by atoms with Crippen LogP contribution in [0.4, 0.5) is 0 Å². The molecule has 2 amide bonds. The highest BCUT2D eigenvalue weighted by molar-refractivity contribution is 5.96. The molecule has 0 aliphatic carbocycles. The van der Waals surface area contributed by atoms with Crippen molar-refractivity contribution in [2.45, 2.75) is 19.3 Å². The molecule has 0 aromatic heterocycles. The van der Waals surface area contributed by atoms with Crippen LogP contribution in [0.5, 0.6) is 5.75 Å². The van der Waals surface area contributed by atoms with Gasteiger partial charge in [0, 0.05) is 18.5 Å². The zero-order valence-corrected chi connectivity index (χ0v) is 13.4. The average molecular weight is 322 g/mol. The molecular weight excluding hydrogens is 300 g/mol. The summed E-state index contributed by atoms with van der Waals surface area (Å²) in [4.78, 5) is 34.4. The van der Waals surface area contributed by atoms with Crippen molar-refractivity contribution in [3.8, 4) is 5.75 Å². The van der Waals surface area contributed by atoms with Gasteiger partial charge in [0.15, 0.2) is 0 Å². The Morgan fingerprint density at radius 2 is 1.87 bits per heavy atom. The van der Waals surface area contributed by atoms with Gasteiger partial charge in [0.1, 0.15) is 5.75 Å². The van der Waals surface area contributed by atoms with E-state index in [-0.39, 0.29) is 24.3 Å². The number of ether oxygens (including phenoxy) is 2. The fourth-order valence-corrected chi connectivity index (χ4v) is 1.81. The van der Waals surface area contributed by atoms with Gasteiger partial charge in [-0.1, -0.05) is 6.07 Å². The maximum atomic E-state index is 11.9. The molecule has 126 valence electrons. The summed E-state index contributed by atoms with van der Waals surface area (Å²) in [6.45, 7) is 0.345. The van der Waals surface area contributed by atoms with Gasteiger partial charge < -0.3 is 20.1 Å². The number of esters is 1. The Morgan fingerprint density at radius 1 is 1.09 bits per heavy atom. The van der Waals surface area contributed by atoms with Gasteiger partial charge in [0.25, 0.3) is 5.91 Å². The molecule has 0 heterocycles. The van der Waals surface area contributed by atoms with Gasteiger partial charge in [-0.05, 0) is 31.0 Å². The van der Waals surface area contributed by atoms with E-state index in [0.29, 0.717) is 37.1 Å². The average Bonchev–Trinajstić information content (AvgIpc) is 2.59. The van der Waals surface area contributed by atoms with Gasteiger partial charge >= 0.3 is 5.97 Å². The molecule has 0 unspecified atom stereocenters. The molecule has 0 radical (unpaired) electrons. The lowest BCUT2D eigenvalue weighted by molar-refractivity contribution is -0.140. The fraction of sp³-hybridized carbons (Fsp3) is 0.438. The smallest absolute Gasteiger partial charge is 0.305 e. The molecule has 0 spiro atoms. The van der Waals surface area contributed by atoms with Crippen LogP contribution in [0.3, 0.4) is 0 Å². The van der Waals surface area contributed by atoms with E-state index in [1.807, 2.05) is 0 Å². The Hall–Kier alpha value is -2.57. The second kappa shape index (κ2) is 10.2. The van der Waals surface area contributed by atoms with E-state index in [1.54, 1.807) is 24.3 Å². The standard InChI is InChI=1S/C16H22N2O5/c1-22-13-7-5-6-12(10-13)16(21)18-11-14(19)17-9-4-3-8-15(20)23-2/h5-7,10H,3-4,8-9,11H2,1-2H3,(H,17,19)(H,18,21). The highest BCUT2D eigenvalue weighted by atomic mass is 16.5. The lowest BCUT2D eigenvalue weighted by Gasteiger charge is -2.07. The highest BCUT2D eigenvalue weighted by Gasteiger charge is 2.08. The van der Waals surface area contributed by atoms with Crippen LogP contribution in [0.15, 0.2) is 24.3 Å². The summed E-state index contributed by atoms with van der Waals surface area (Å²) in [5.41, 5.74) is 0.426. The van der Waals surface area contributed by atoms with Gasteiger partial charge in [-0.3, -0.25) is 14.4 Å². The van der Waals surface area contributed by atoms with Crippen LogP contribution in [-0.4, -0.2) is 45.1 Å². The number of rotatable bonds is 9. The molecule has 0 aliphatic heterocycles. The fourth-order valence-electron chi connectivity index (χ4n) is 1.81. The summed E-state index contributed by atoms with van der Waals surface area (Å²) >= 11 is 0. The molecule has 0 saturated carbocycles.